The number of aliphatic hydroxyl groups is 1. The highest BCUT2D eigenvalue weighted by Gasteiger charge is 2.39. The Kier molecular flexibility index (Phi) is 3.49. The van der Waals surface area contributed by atoms with Gasteiger partial charge in [0.25, 0.3) is 0 Å². The van der Waals surface area contributed by atoms with Crippen molar-refractivity contribution in [2.45, 2.75) is 38.6 Å². The van der Waals surface area contributed by atoms with Crippen molar-refractivity contribution in [1.82, 2.24) is 14.5 Å². The number of alkyl halides is 3. The highest BCUT2D eigenvalue weighted by Crippen LogP contribution is 2.26. The van der Waals surface area contributed by atoms with Gasteiger partial charge in [-0.2, -0.15) is 13.2 Å². The molecule has 0 radical (unpaired) electrons. The molecule has 2 aromatic rings. The van der Waals surface area contributed by atoms with Gasteiger partial charge in [-0.1, -0.05) is 0 Å². The molecular formula is C12H14F3N3O. The predicted octanol–water partition coefficient (Wildman–Crippen LogP) is 2.48. The second-order valence-electron chi connectivity index (χ2n) is 4.62. The number of pyridine rings is 1. The molecule has 2 heterocycles. The van der Waals surface area contributed by atoms with E-state index in [0.717, 1.165) is 5.52 Å². The number of nitrogens with zero attached hydrogens (tertiary/aromatic N) is 3. The average Bonchev–Trinajstić information content (AvgIpc) is 2.65. The van der Waals surface area contributed by atoms with Crippen LogP contribution in [-0.4, -0.2) is 31.9 Å². The van der Waals surface area contributed by atoms with Crippen LogP contribution in [0.5, 0.6) is 0 Å². The summed E-state index contributed by atoms with van der Waals surface area (Å²) < 4.78 is 39.0. The van der Waals surface area contributed by atoms with Crippen LogP contribution >= 0.6 is 0 Å². The Morgan fingerprint density at radius 1 is 1.37 bits per heavy atom. The molecule has 0 saturated heterocycles. The van der Waals surface area contributed by atoms with Gasteiger partial charge in [0.05, 0.1) is 11.7 Å². The Morgan fingerprint density at radius 2 is 2.05 bits per heavy atom. The molecule has 0 aromatic carbocycles. The lowest BCUT2D eigenvalue weighted by molar-refractivity contribution is -0.203. The van der Waals surface area contributed by atoms with E-state index in [1.54, 1.807) is 16.8 Å². The van der Waals surface area contributed by atoms with E-state index in [-0.39, 0.29) is 11.9 Å². The summed E-state index contributed by atoms with van der Waals surface area (Å²) in [6.45, 7) is 3.70. The quantitative estimate of drug-likeness (QED) is 0.934. The van der Waals surface area contributed by atoms with Crippen LogP contribution in [-0.2, 0) is 6.42 Å². The largest absolute Gasteiger partial charge is 0.414 e. The van der Waals surface area contributed by atoms with E-state index in [4.69, 9.17) is 0 Å². The molecule has 0 saturated carbocycles. The van der Waals surface area contributed by atoms with Crippen molar-refractivity contribution >= 4 is 11.0 Å². The SMILES string of the molecule is CC(C)n1c(CC(O)C(F)(F)F)nc2cnccc21. The Hall–Kier alpha value is -1.63. The predicted molar refractivity (Wildman–Crippen MR) is 63.7 cm³/mol. The Morgan fingerprint density at radius 3 is 2.63 bits per heavy atom. The standard InChI is InChI=1S/C12H14F3N3O/c1-7(2)18-9-3-4-16-6-8(9)17-11(18)5-10(19)12(13,14)15/h3-4,6-7,10,19H,5H2,1-2H3. The van der Waals surface area contributed by atoms with Crippen molar-refractivity contribution in [2.24, 2.45) is 0 Å². The first-order valence-corrected chi connectivity index (χ1v) is 5.86. The third-order valence-corrected chi connectivity index (χ3v) is 2.84. The third-order valence-electron chi connectivity index (χ3n) is 2.84. The van der Waals surface area contributed by atoms with Crippen LogP contribution in [0.4, 0.5) is 13.2 Å². The smallest absolute Gasteiger partial charge is 0.383 e. The van der Waals surface area contributed by atoms with Crippen LogP contribution in [0, 0.1) is 0 Å². The van der Waals surface area contributed by atoms with E-state index in [0.29, 0.717) is 5.52 Å². The van der Waals surface area contributed by atoms with Crippen molar-refractivity contribution in [3.05, 3.63) is 24.3 Å². The van der Waals surface area contributed by atoms with Gasteiger partial charge in [-0.3, -0.25) is 4.98 Å². The Bertz CT molecular complexity index is 577. The number of fused-ring (bicyclic) bond motifs is 1. The minimum atomic E-state index is -4.64. The average molecular weight is 273 g/mol. The van der Waals surface area contributed by atoms with Crippen LogP contribution in [0.25, 0.3) is 11.0 Å². The first kappa shape index (κ1) is 13.8. The van der Waals surface area contributed by atoms with E-state index in [2.05, 4.69) is 9.97 Å². The third kappa shape index (κ3) is 2.70. The number of aromatic nitrogens is 3. The lowest BCUT2D eigenvalue weighted by Gasteiger charge is -2.17. The number of rotatable bonds is 3. The van der Waals surface area contributed by atoms with Crippen LogP contribution in [0.3, 0.4) is 0 Å². The number of halogens is 3. The summed E-state index contributed by atoms with van der Waals surface area (Å²) in [7, 11) is 0. The van der Waals surface area contributed by atoms with Gasteiger partial charge in [-0.15, -0.1) is 0 Å². The number of hydrogen-bond acceptors (Lipinski definition) is 3. The van der Waals surface area contributed by atoms with Gasteiger partial charge in [0.2, 0.25) is 0 Å². The minimum absolute atomic E-state index is 0.0529. The van der Waals surface area contributed by atoms with Gasteiger partial charge in [-0.05, 0) is 19.9 Å². The number of hydrogen-bond donors (Lipinski definition) is 1. The lowest BCUT2D eigenvalue weighted by Crippen LogP contribution is -2.31. The van der Waals surface area contributed by atoms with Crippen molar-refractivity contribution in [3.8, 4) is 0 Å². The van der Waals surface area contributed by atoms with E-state index in [1.165, 1.54) is 6.20 Å². The van der Waals surface area contributed by atoms with E-state index in [1.807, 2.05) is 13.8 Å². The normalized spacial score (nSPS) is 14.3. The Labute approximate surface area is 107 Å². The highest BCUT2D eigenvalue weighted by atomic mass is 19.4. The topological polar surface area (TPSA) is 50.9 Å². The van der Waals surface area contributed by atoms with Gasteiger partial charge >= 0.3 is 6.18 Å². The summed E-state index contributed by atoms with van der Waals surface area (Å²) in [6.07, 6.45) is -4.55. The second-order valence-corrected chi connectivity index (χ2v) is 4.62. The molecule has 0 aliphatic carbocycles. The fraction of sp³-hybridized carbons (Fsp3) is 0.500. The summed E-state index contributed by atoms with van der Waals surface area (Å²) in [6, 6.07) is 1.65. The molecular weight excluding hydrogens is 259 g/mol. The molecule has 1 atom stereocenters. The maximum absolute atomic E-state index is 12.4. The van der Waals surface area contributed by atoms with E-state index in [9.17, 15) is 18.3 Å². The Balaban J connectivity index is 2.45. The molecule has 0 aliphatic rings. The summed E-state index contributed by atoms with van der Waals surface area (Å²) in [5.41, 5.74) is 1.25. The molecule has 0 spiro atoms. The second kappa shape index (κ2) is 4.80. The first-order valence-electron chi connectivity index (χ1n) is 5.86. The molecule has 2 rings (SSSR count). The van der Waals surface area contributed by atoms with Crippen molar-refractivity contribution in [1.29, 1.82) is 0 Å². The minimum Gasteiger partial charge on any atom is -0.383 e. The zero-order valence-electron chi connectivity index (χ0n) is 10.5. The summed E-state index contributed by atoms with van der Waals surface area (Å²) in [4.78, 5) is 8.02. The van der Waals surface area contributed by atoms with E-state index < -0.39 is 18.7 Å². The van der Waals surface area contributed by atoms with Crippen molar-refractivity contribution in [2.75, 3.05) is 0 Å². The lowest BCUT2D eigenvalue weighted by atomic mass is 10.2. The fourth-order valence-corrected chi connectivity index (χ4v) is 2.01. The van der Waals surface area contributed by atoms with Crippen molar-refractivity contribution in [3.63, 3.8) is 0 Å². The highest BCUT2D eigenvalue weighted by molar-refractivity contribution is 5.74. The molecule has 2 aromatic heterocycles. The molecule has 19 heavy (non-hydrogen) atoms. The molecule has 0 bridgehead atoms. The molecule has 0 amide bonds. The molecule has 1 unspecified atom stereocenters. The van der Waals surface area contributed by atoms with Crippen LogP contribution in [0.2, 0.25) is 0 Å². The van der Waals surface area contributed by atoms with Crippen LogP contribution in [0.15, 0.2) is 18.5 Å². The maximum Gasteiger partial charge on any atom is 0.414 e. The van der Waals surface area contributed by atoms with Crippen LogP contribution < -0.4 is 0 Å². The van der Waals surface area contributed by atoms with Gasteiger partial charge in [0.1, 0.15) is 11.3 Å². The molecule has 1 N–H and O–H groups in total. The number of aliphatic hydroxyl groups excluding tert-OH is 1. The monoisotopic (exact) mass is 273 g/mol. The van der Waals surface area contributed by atoms with Gasteiger partial charge in [0, 0.05) is 18.7 Å². The molecule has 7 heteroatoms. The zero-order chi connectivity index (χ0) is 14.2. The summed E-state index contributed by atoms with van der Waals surface area (Å²) in [5.74, 6) is 0.211. The van der Waals surface area contributed by atoms with E-state index >= 15 is 0 Å². The molecule has 104 valence electrons. The first-order chi connectivity index (χ1) is 8.80. The zero-order valence-corrected chi connectivity index (χ0v) is 10.5. The fourth-order valence-electron chi connectivity index (χ4n) is 2.01. The van der Waals surface area contributed by atoms with Gasteiger partial charge < -0.3 is 9.67 Å². The summed E-state index contributed by atoms with van der Waals surface area (Å²) in [5, 5.41) is 9.18. The maximum atomic E-state index is 12.4. The van der Waals surface area contributed by atoms with Crippen molar-refractivity contribution < 1.29 is 18.3 Å². The number of imidazole rings is 1. The molecule has 0 fully saturated rings. The molecule has 4 nitrogen and oxygen atoms in total. The van der Waals surface area contributed by atoms with Gasteiger partial charge in [-0.25, -0.2) is 4.98 Å². The summed E-state index contributed by atoms with van der Waals surface area (Å²) >= 11 is 0. The van der Waals surface area contributed by atoms with Gasteiger partial charge in [0.15, 0.2) is 6.10 Å². The van der Waals surface area contributed by atoms with Crippen LogP contribution in [0.1, 0.15) is 25.7 Å². The molecule has 0 aliphatic heterocycles.